The van der Waals surface area contributed by atoms with Crippen LogP contribution in [0.2, 0.25) is 0 Å². The Hall–Kier alpha value is -3.27. The third-order valence-corrected chi connectivity index (χ3v) is 7.69. The van der Waals surface area contributed by atoms with Gasteiger partial charge in [0.15, 0.2) is 0 Å². The predicted molar refractivity (Wildman–Crippen MR) is 146 cm³/mol. The van der Waals surface area contributed by atoms with Crippen LogP contribution in [0.3, 0.4) is 0 Å². The van der Waals surface area contributed by atoms with Crippen LogP contribution in [0.25, 0.3) is 0 Å². The zero-order valence-corrected chi connectivity index (χ0v) is 22.7. The monoisotopic (exact) mass is 539 g/mol. The van der Waals surface area contributed by atoms with Crippen LogP contribution in [0.1, 0.15) is 47.4 Å². The predicted octanol–water partition coefficient (Wildman–Crippen LogP) is 3.24. The second kappa shape index (κ2) is 12.7. The fourth-order valence-electron chi connectivity index (χ4n) is 5.15. The van der Waals surface area contributed by atoms with Gasteiger partial charge >= 0.3 is 0 Å². The molecule has 2 heterocycles. The number of piperazine rings is 1. The van der Waals surface area contributed by atoms with E-state index in [2.05, 4.69) is 16.8 Å². The van der Waals surface area contributed by atoms with E-state index in [0.29, 0.717) is 74.7 Å². The van der Waals surface area contributed by atoms with Crippen LogP contribution in [-0.4, -0.2) is 84.3 Å². The molecule has 210 valence electrons. The maximum atomic E-state index is 14.5. The van der Waals surface area contributed by atoms with Crippen molar-refractivity contribution in [1.29, 1.82) is 0 Å². The fourth-order valence-corrected chi connectivity index (χ4v) is 5.15. The number of carbonyl (C=O) groups excluding carboxylic acids is 2. The van der Waals surface area contributed by atoms with E-state index >= 15 is 0 Å². The summed E-state index contributed by atoms with van der Waals surface area (Å²) < 4.78 is 26.2. The molecule has 2 aromatic rings. The summed E-state index contributed by atoms with van der Waals surface area (Å²) in [5.41, 5.74) is 1.05. The molecular weight excluding hydrogens is 501 g/mol. The average Bonchev–Trinajstić information content (AvgIpc) is 2.94. The van der Waals surface area contributed by atoms with Gasteiger partial charge in [0.2, 0.25) is 5.91 Å². The lowest BCUT2D eigenvalue weighted by Crippen LogP contribution is -2.54. The van der Waals surface area contributed by atoms with Crippen molar-refractivity contribution in [2.75, 3.05) is 46.0 Å². The molecule has 2 aliphatic rings. The van der Waals surface area contributed by atoms with E-state index in [1.54, 1.807) is 42.2 Å². The van der Waals surface area contributed by atoms with Crippen LogP contribution in [0, 0.1) is 12.7 Å². The molecular formula is C30H38FN3O5. The molecule has 4 rings (SSSR count). The third kappa shape index (κ3) is 7.03. The molecule has 2 fully saturated rings. The largest absolute Gasteiger partial charge is 0.484 e. The number of hydrogen-bond acceptors (Lipinski definition) is 6. The molecule has 2 aliphatic heterocycles. The Kier molecular flexibility index (Phi) is 9.37. The van der Waals surface area contributed by atoms with E-state index in [4.69, 9.17) is 9.47 Å². The highest BCUT2D eigenvalue weighted by molar-refractivity contribution is 5.94. The smallest absolute Gasteiger partial charge is 0.251 e. The maximum Gasteiger partial charge on any atom is 0.251 e. The molecule has 2 amide bonds. The van der Waals surface area contributed by atoms with Gasteiger partial charge in [-0.05, 0) is 74.2 Å². The van der Waals surface area contributed by atoms with Crippen molar-refractivity contribution < 1.29 is 28.6 Å². The van der Waals surface area contributed by atoms with Crippen molar-refractivity contribution in [2.45, 2.75) is 44.4 Å². The minimum atomic E-state index is -0.678. The Bertz CT molecular complexity index is 1170. The standard InChI is InChI=1S/C30H38FN3O5/c1-4-28(36)34-14-13-33(18-22(34)3)19-27(24-6-5-21(2)26(31)17-24)39-25-9-7-23(8-10-25)29(37)32-30(20-35)11-15-38-16-12-30/h4-10,17,22,27,35H,1,11-16,18-20H2,2-3H3,(H,32,37)/t22-,27+/m1/s1. The molecule has 9 heteroatoms. The number of nitrogens with zero attached hydrogens (tertiary/aromatic N) is 2. The van der Waals surface area contributed by atoms with Gasteiger partial charge in [0, 0.05) is 51.0 Å². The lowest BCUT2D eigenvalue weighted by atomic mass is 9.90. The molecule has 0 saturated carbocycles. The normalized spacial score (nSPS) is 20.2. The van der Waals surface area contributed by atoms with Crippen molar-refractivity contribution in [1.82, 2.24) is 15.1 Å². The van der Waals surface area contributed by atoms with Crippen LogP contribution < -0.4 is 10.1 Å². The molecule has 0 unspecified atom stereocenters. The van der Waals surface area contributed by atoms with Gasteiger partial charge in [0.1, 0.15) is 17.7 Å². The number of amides is 2. The van der Waals surface area contributed by atoms with E-state index in [0.717, 1.165) is 0 Å². The number of halogens is 1. The molecule has 39 heavy (non-hydrogen) atoms. The van der Waals surface area contributed by atoms with Crippen LogP contribution in [0.5, 0.6) is 5.75 Å². The average molecular weight is 540 g/mol. The van der Waals surface area contributed by atoms with Crippen molar-refractivity contribution in [3.63, 3.8) is 0 Å². The summed E-state index contributed by atoms with van der Waals surface area (Å²) >= 11 is 0. The summed E-state index contributed by atoms with van der Waals surface area (Å²) in [6.07, 6.45) is 1.98. The van der Waals surface area contributed by atoms with Gasteiger partial charge in [0.05, 0.1) is 12.1 Å². The van der Waals surface area contributed by atoms with Gasteiger partial charge in [-0.15, -0.1) is 0 Å². The number of hydrogen-bond donors (Lipinski definition) is 2. The Balaban J connectivity index is 1.47. The summed E-state index contributed by atoms with van der Waals surface area (Å²) in [5.74, 6) is -0.0974. The summed E-state index contributed by atoms with van der Waals surface area (Å²) in [5, 5.41) is 12.9. The number of aliphatic hydroxyl groups is 1. The summed E-state index contributed by atoms with van der Waals surface area (Å²) in [4.78, 5) is 29.1. The maximum absolute atomic E-state index is 14.5. The van der Waals surface area contributed by atoms with Crippen LogP contribution in [0.15, 0.2) is 55.1 Å². The van der Waals surface area contributed by atoms with Crippen molar-refractivity contribution in [2.24, 2.45) is 0 Å². The first-order valence-electron chi connectivity index (χ1n) is 13.4. The minimum absolute atomic E-state index is 0.00962. The van der Waals surface area contributed by atoms with E-state index in [1.165, 1.54) is 12.1 Å². The van der Waals surface area contributed by atoms with Crippen LogP contribution in [-0.2, 0) is 9.53 Å². The topological polar surface area (TPSA) is 91.3 Å². The highest BCUT2D eigenvalue weighted by Crippen LogP contribution is 2.27. The number of aryl methyl sites for hydroxylation is 1. The number of rotatable bonds is 9. The third-order valence-electron chi connectivity index (χ3n) is 7.69. The number of nitrogens with one attached hydrogen (secondary N) is 1. The SMILES string of the molecule is C=CC(=O)N1CCN(C[C@H](Oc2ccc(C(=O)NC3(CO)CCOCC3)cc2)c2ccc(C)c(F)c2)C[C@H]1C. The van der Waals surface area contributed by atoms with Gasteiger partial charge < -0.3 is 24.8 Å². The van der Waals surface area contributed by atoms with E-state index in [9.17, 15) is 19.1 Å². The first-order valence-corrected chi connectivity index (χ1v) is 13.4. The minimum Gasteiger partial charge on any atom is -0.484 e. The summed E-state index contributed by atoms with van der Waals surface area (Å²) in [6.45, 7) is 10.6. The lowest BCUT2D eigenvalue weighted by molar-refractivity contribution is -0.130. The number of aliphatic hydroxyl groups excluding tert-OH is 1. The van der Waals surface area contributed by atoms with Gasteiger partial charge in [-0.1, -0.05) is 18.7 Å². The second-order valence-electron chi connectivity index (χ2n) is 10.5. The molecule has 0 aromatic heterocycles. The number of ether oxygens (including phenoxy) is 2. The quantitative estimate of drug-likeness (QED) is 0.476. The van der Waals surface area contributed by atoms with E-state index < -0.39 is 11.6 Å². The second-order valence-corrected chi connectivity index (χ2v) is 10.5. The first-order chi connectivity index (χ1) is 18.7. The van der Waals surface area contributed by atoms with Gasteiger partial charge in [0.25, 0.3) is 5.91 Å². The van der Waals surface area contributed by atoms with Crippen molar-refractivity contribution >= 4 is 11.8 Å². The molecule has 2 aromatic carbocycles. The van der Waals surface area contributed by atoms with Crippen molar-refractivity contribution in [3.8, 4) is 5.75 Å². The van der Waals surface area contributed by atoms with Gasteiger partial charge in [-0.3, -0.25) is 14.5 Å². The molecule has 8 nitrogen and oxygen atoms in total. The lowest BCUT2D eigenvalue weighted by Gasteiger charge is -2.40. The molecule has 2 N–H and O–H groups in total. The van der Waals surface area contributed by atoms with Crippen LogP contribution in [0.4, 0.5) is 4.39 Å². The Labute approximate surface area is 229 Å². The number of carbonyl (C=O) groups is 2. The highest BCUT2D eigenvalue weighted by Gasteiger charge is 2.34. The summed E-state index contributed by atoms with van der Waals surface area (Å²) in [7, 11) is 0. The van der Waals surface area contributed by atoms with E-state index in [1.807, 2.05) is 13.0 Å². The van der Waals surface area contributed by atoms with Crippen molar-refractivity contribution in [3.05, 3.63) is 77.6 Å². The Morgan fingerprint density at radius 3 is 2.56 bits per heavy atom. The van der Waals surface area contributed by atoms with E-state index in [-0.39, 0.29) is 30.3 Å². The Morgan fingerprint density at radius 2 is 1.95 bits per heavy atom. The first kappa shape index (κ1) is 28.7. The van der Waals surface area contributed by atoms with Crippen LogP contribution >= 0.6 is 0 Å². The molecule has 2 atom stereocenters. The molecule has 0 bridgehead atoms. The number of benzene rings is 2. The van der Waals surface area contributed by atoms with Gasteiger partial charge in [-0.2, -0.15) is 0 Å². The summed E-state index contributed by atoms with van der Waals surface area (Å²) in [6, 6.07) is 11.9. The zero-order valence-electron chi connectivity index (χ0n) is 22.7. The fraction of sp³-hybridized carbons (Fsp3) is 0.467. The molecule has 0 spiro atoms. The highest BCUT2D eigenvalue weighted by atomic mass is 19.1. The molecule has 2 saturated heterocycles. The Morgan fingerprint density at radius 1 is 1.23 bits per heavy atom. The molecule has 0 radical (unpaired) electrons. The molecule has 0 aliphatic carbocycles. The zero-order chi connectivity index (χ0) is 28.0. The van der Waals surface area contributed by atoms with Gasteiger partial charge in [-0.25, -0.2) is 4.39 Å².